The Kier molecular flexibility index (Phi) is 2.89. The number of anilines is 1. The lowest BCUT2D eigenvalue weighted by Crippen LogP contribution is -2.39. The maximum absolute atomic E-state index is 12.0. The molecule has 1 aliphatic carbocycles. The lowest BCUT2D eigenvalue weighted by Gasteiger charge is -2.15. The number of benzene rings is 1. The zero-order valence-corrected chi connectivity index (χ0v) is 10.4. The molecule has 6 heteroatoms. The summed E-state index contributed by atoms with van der Waals surface area (Å²) in [5.41, 5.74) is 6.28. The van der Waals surface area contributed by atoms with E-state index in [0.717, 1.165) is 5.56 Å². The van der Waals surface area contributed by atoms with Gasteiger partial charge in [-0.1, -0.05) is 0 Å². The Labute approximate surface area is 101 Å². The highest BCUT2D eigenvalue weighted by molar-refractivity contribution is 7.89. The molecule has 0 radical (unpaired) electrons. The van der Waals surface area contributed by atoms with Crippen molar-refractivity contribution in [1.29, 1.82) is 0 Å². The van der Waals surface area contributed by atoms with E-state index in [-0.39, 0.29) is 11.5 Å². The van der Waals surface area contributed by atoms with Crippen molar-refractivity contribution < 1.29 is 13.5 Å². The molecule has 0 spiro atoms. The molecule has 1 aliphatic rings. The van der Waals surface area contributed by atoms with Crippen molar-refractivity contribution in [2.75, 3.05) is 12.3 Å². The second-order valence-electron chi connectivity index (χ2n) is 4.56. The number of nitrogen functional groups attached to an aromatic ring is 1. The van der Waals surface area contributed by atoms with E-state index in [1.165, 1.54) is 12.1 Å². The molecular weight excluding hydrogens is 240 g/mol. The van der Waals surface area contributed by atoms with Crippen LogP contribution in [-0.4, -0.2) is 25.7 Å². The van der Waals surface area contributed by atoms with Gasteiger partial charge >= 0.3 is 0 Å². The maximum atomic E-state index is 12.0. The van der Waals surface area contributed by atoms with Gasteiger partial charge in [-0.3, -0.25) is 0 Å². The molecule has 0 aliphatic heterocycles. The number of nitrogens with one attached hydrogen (secondary N) is 1. The third-order valence-electron chi connectivity index (χ3n) is 3.06. The van der Waals surface area contributed by atoms with Crippen LogP contribution in [0.1, 0.15) is 18.4 Å². The van der Waals surface area contributed by atoms with Gasteiger partial charge in [-0.15, -0.1) is 0 Å². The van der Waals surface area contributed by atoms with Crippen molar-refractivity contribution in [3.05, 3.63) is 23.8 Å². The van der Waals surface area contributed by atoms with E-state index in [0.29, 0.717) is 18.5 Å². The fraction of sp³-hybridized carbons (Fsp3) is 0.455. The van der Waals surface area contributed by atoms with Crippen LogP contribution in [0.5, 0.6) is 0 Å². The second kappa shape index (κ2) is 3.97. The van der Waals surface area contributed by atoms with E-state index in [4.69, 9.17) is 10.8 Å². The monoisotopic (exact) mass is 256 g/mol. The first-order valence-corrected chi connectivity index (χ1v) is 6.88. The average molecular weight is 256 g/mol. The summed E-state index contributed by atoms with van der Waals surface area (Å²) in [6.45, 7) is 1.59. The van der Waals surface area contributed by atoms with Gasteiger partial charge in [0.25, 0.3) is 0 Å². The molecule has 0 atom stereocenters. The summed E-state index contributed by atoms with van der Waals surface area (Å²) in [5.74, 6) is 0. The lowest BCUT2D eigenvalue weighted by atomic mass is 10.2. The summed E-state index contributed by atoms with van der Waals surface area (Å²) in [5, 5.41) is 9.12. The molecule has 17 heavy (non-hydrogen) atoms. The first kappa shape index (κ1) is 12.3. The van der Waals surface area contributed by atoms with Gasteiger partial charge in [-0.05, 0) is 43.5 Å². The first-order chi connectivity index (χ1) is 7.88. The lowest BCUT2D eigenvalue weighted by molar-refractivity contribution is 0.246. The van der Waals surface area contributed by atoms with Gasteiger partial charge in [-0.25, -0.2) is 13.1 Å². The van der Waals surface area contributed by atoms with Gasteiger partial charge in [0.15, 0.2) is 0 Å². The summed E-state index contributed by atoms with van der Waals surface area (Å²) in [7, 11) is -3.57. The molecule has 5 nitrogen and oxygen atoms in total. The fourth-order valence-corrected chi connectivity index (χ4v) is 3.14. The van der Waals surface area contributed by atoms with Crippen LogP contribution in [0.2, 0.25) is 0 Å². The topological polar surface area (TPSA) is 92.4 Å². The van der Waals surface area contributed by atoms with Crippen LogP contribution >= 0.6 is 0 Å². The molecule has 0 unspecified atom stereocenters. The Morgan fingerprint density at radius 2 is 2.12 bits per heavy atom. The Morgan fingerprint density at radius 3 is 2.59 bits per heavy atom. The van der Waals surface area contributed by atoms with Crippen LogP contribution in [0.3, 0.4) is 0 Å². The van der Waals surface area contributed by atoms with Crippen molar-refractivity contribution in [1.82, 2.24) is 4.72 Å². The number of hydrogen-bond donors (Lipinski definition) is 3. The Bertz CT molecular complexity index is 536. The normalized spacial score (nSPS) is 18.0. The first-order valence-electron chi connectivity index (χ1n) is 5.40. The molecule has 0 amide bonds. The molecule has 4 N–H and O–H groups in total. The molecule has 0 aromatic heterocycles. The smallest absolute Gasteiger partial charge is 0.241 e. The van der Waals surface area contributed by atoms with Crippen LogP contribution in [0, 0.1) is 6.92 Å². The number of sulfonamides is 1. The van der Waals surface area contributed by atoms with Crippen molar-refractivity contribution in [3.63, 3.8) is 0 Å². The number of aliphatic hydroxyl groups excluding tert-OH is 1. The van der Waals surface area contributed by atoms with Gasteiger partial charge in [0.1, 0.15) is 0 Å². The molecule has 2 rings (SSSR count). The molecule has 0 bridgehead atoms. The van der Waals surface area contributed by atoms with E-state index < -0.39 is 15.6 Å². The van der Waals surface area contributed by atoms with E-state index in [2.05, 4.69) is 4.72 Å². The highest BCUT2D eigenvalue weighted by Gasteiger charge is 2.45. The number of hydrogen-bond acceptors (Lipinski definition) is 4. The summed E-state index contributed by atoms with van der Waals surface area (Å²) >= 11 is 0. The molecule has 1 aromatic carbocycles. The minimum atomic E-state index is -3.57. The zero-order chi connectivity index (χ0) is 12.7. The van der Waals surface area contributed by atoms with Crippen LogP contribution in [0.4, 0.5) is 5.69 Å². The largest absolute Gasteiger partial charge is 0.399 e. The number of rotatable bonds is 4. The zero-order valence-electron chi connectivity index (χ0n) is 9.60. The van der Waals surface area contributed by atoms with E-state index in [9.17, 15) is 8.42 Å². The Hall–Kier alpha value is -1.11. The standard InChI is InChI=1S/C11H16N2O3S/c1-8-6-9(2-3-10(8)12)17(15,16)13-11(7-14)4-5-11/h2-3,6,13-14H,4-5,7,12H2,1H3. The van der Waals surface area contributed by atoms with Crippen LogP contribution < -0.4 is 10.5 Å². The Balaban J connectivity index is 2.29. The number of aryl methyl sites for hydroxylation is 1. The van der Waals surface area contributed by atoms with E-state index in [1.54, 1.807) is 13.0 Å². The SMILES string of the molecule is Cc1cc(S(=O)(=O)NC2(CO)CC2)ccc1N. The Morgan fingerprint density at radius 1 is 1.47 bits per heavy atom. The molecular formula is C11H16N2O3S. The van der Waals surface area contributed by atoms with Gasteiger partial charge in [0.05, 0.1) is 17.0 Å². The van der Waals surface area contributed by atoms with E-state index >= 15 is 0 Å². The van der Waals surface area contributed by atoms with Crippen LogP contribution in [-0.2, 0) is 10.0 Å². The van der Waals surface area contributed by atoms with E-state index in [1.807, 2.05) is 0 Å². The molecule has 1 fully saturated rings. The van der Waals surface area contributed by atoms with Crippen molar-refractivity contribution in [2.45, 2.75) is 30.2 Å². The third kappa shape index (κ3) is 2.43. The highest BCUT2D eigenvalue weighted by Crippen LogP contribution is 2.36. The van der Waals surface area contributed by atoms with Crippen molar-refractivity contribution in [3.8, 4) is 0 Å². The second-order valence-corrected chi connectivity index (χ2v) is 6.24. The predicted molar refractivity (Wildman–Crippen MR) is 65.0 cm³/mol. The molecule has 1 aromatic rings. The van der Waals surface area contributed by atoms with Crippen LogP contribution in [0.25, 0.3) is 0 Å². The predicted octanol–water partition coefficient (Wildman–Crippen LogP) is 0.380. The average Bonchev–Trinajstić information content (AvgIpc) is 3.02. The summed E-state index contributed by atoms with van der Waals surface area (Å²) in [6, 6.07) is 4.58. The molecule has 94 valence electrons. The van der Waals surface area contributed by atoms with Crippen LogP contribution in [0.15, 0.2) is 23.1 Å². The quantitative estimate of drug-likeness (QED) is 0.679. The van der Waals surface area contributed by atoms with Gasteiger partial charge in [-0.2, -0.15) is 0 Å². The molecule has 0 heterocycles. The summed E-state index contributed by atoms with van der Waals surface area (Å²) in [6.07, 6.45) is 1.35. The third-order valence-corrected chi connectivity index (χ3v) is 4.63. The van der Waals surface area contributed by atoms with Gasteiger partial charge in [0.2, 0.25) is 10.0 Å². The van der Waals surface area contributed by atoms with Crippen molar-refractivity contribution >= 4 is 15.7 Å². The highest BCUT2D eigenvalue weighted by atomic mass is 32.2. The minimum absolute atomic E-state index is 0.166. The number of aliphatic hydroxyl groups is 1. The number of nitrogens with two attached hydrogens (primary N) is 1. The van der Waals surface area contributed by atoms with Gasteiger partial charge in [0, 0.05) is 5.69 Å². The summed E-state index contributed by atoms with van der Waals surface area (Å²) < 4.78 is 26.6. The van der Waals surface area contributed by atoms with Gasteiger partial charge < -0.3 is 10.8 Å². The molecule has 0 saturated heterocycles. The fourth-order valence-electron chi connectivity index (χ4n) is 1.60. The summed E-state index contributed by atoms with van der Waals surface area (Å²) in [4.78, 5) is 0.184. The van der Waals surface area contributed by atoms with Crippen molar-refractivity contribution in [2.24, 2.45) is 0 Å². The molecule has 1 saturated carbocycles. The minimum Gasteiger partial charge on any atom is -0.399 e. The maximum Gasteiger partial charge on any atom is 0.241 e.